The molecule has 3 aliphatic heterocycles. The Hall–Kier alpha value is -0.0800. The van der Waals surface area contributed by atoms with Gasteiger partial charge < -0.3 is 5.32 Å². The van der Waals surface area contributed by atoms with E-state index in [1.807, 2.05) is 0 Å². The summed E-state index contributed by atoms with van der Waals surface area (Å²) >= 11 is 0. The van der Waals surface area contributed by atoms with Crippen LogP contribution in [0.2, 0.25) is 0 Å². The first-order chi connectivity index (χ1) is 6.97. The molecule has 0 aromatic rings. The van der Waals surface area contributed by atoms with Gasteiger partial charge >= 0.3 is 0 Å². The van der Waals surface area contributed by atoms with Gasteiger partial charge in [0, 0.05) is 12.6 Å². The Bertz CT molecular complexity index is 129. The van der Waals surface area contributed by atoms with Crippen LogP contribution in [0, 0.1) is 12.8 Å². The number of fused-ring (bicyclic) bond motifs is 1. The van der Waals surface area contributed by atoms with Crippen LogP contribution >= 0.6 is 0 Å². The molecule has 1 unspecified atom stereocenters. The summed E-state index contributed by atoms with van der Waals surface area (Å²) in [5.41, 5.74) is 0. The fraction of sp³-hybridized carbons (Fsp3) is 0.833. The molecule has 0 saturated carbocycles. The zero-order valence-electron chi connectivity index (χ0n) is 9.04. The molecule has 0 aliphatic carbocycles. The zero-order chi connectivity index (χ0) is 9.64. The average Bonchev–Trinajstić information content (AvgIpc) is 2.48. The molecule has 3 fully saturated rings. The molecule has 0 aromatic carbocycles. The van der Waals surface area contributed by atoms with Gasteiger partial charge in [0.15, 0.2) is 0 Å². The molecule has 0 amide bonds. The lowest BCUT2D eigenvalue weighted by molar-refractivity contribution is 0.141. The van der Waals surface area contributed by atoms with Gasteiger partial charge in [0.25, 0.3) is 0 Å². The highest BCUT2D eigenvalue weighted by Gasteiger charge is 2.31. The van der Waals surface area contributed by atoms with E-state index < -0.39 is 0 Å². The fourth-order valence-electron chi connectivity index (χ4n) is 2.28. The molecule has 0 spiro atoms. The summed E-state index contributed by atoms with van der Waals surface area (Å²) in [6.07, 6.45) is 11.6. The molecule has 3 aliphatic rings. The van der Waals surface area contributed by atoms with E-state index in [0.717, 1.165) is 12.6 Å². The maximum atomic E-state index is 3.29. The van der Waals surface area contributed by atoms with E-state index in [2.05, 4.69) is 23.1 Å². The maximum Gasteiger partial charge on any atom is 0.0111 e. The lowest BCUT2D eigenvalue weighted by atomic mass is 10.1. The third-order valence-electron chi connectivity index (χ3n) is 3.37. The highest BCUT2D eigenvalue weighted by molar-refractivity contribution is 4.96. The van der Waals surface area contributed by atoms with Crippen LogP contribution in [-0.2, 0) is 0 Å². The molecule has 2 nitrogen and oxygen atoms in total. The van der Waals surface area contributed by atoms with Crippen LogP contribution in [0.15, 0.2) is 0 Å². The van der Waals surface area contributed by atoms with Gasteiger partial charge in [0.05, 0.1) is 0 Å². The Kier molecular flexibility index (Phi) is 4.26. The molecule has 0 aromatic heterocycles. The Labute approximate surface area is 88.1 Å². The van der Waals surface area contributed by atoms with E-state index in [4.69, 9.17) is 0 Å². The first kappa shape index (κ1) is 10.4. The summed E-state index contributed by atoms with van der Waals surface area (Å²) in [6.45, 7) is 4.97. The molecule has 14 heavy (non-hydrogen) atoms. The highest BCUT2D eigenvalue weighted by atomic mass is 15.2. The van der Waals surface area contributed by atoms with Crippen molar-refractivity contribution in [2.75, 3.05) is 26.2 Å². The summed E-state index contributed by atoms with van der Waals surface area (Å²) < 4.78 is 0. The van der Waals surface area contributed by atoms with Gasteiger partial charge in [-0.25, -0.2) is 0 Å². The van der Waals surface area contributed by atoms with Gasteiger partial charge in [0.2, 0.25) is 0 Å². The average molecular weight is 194 g/mol. The Morgan fingerprint density at radius 3 is 2.86 bits per heavy atom. The topological polar surface area (TPSA) is 15.3 Å². The van der Waals surface area contributed by atoms with Crippen molar-refractivity contribution in [2.24, 2.45) is 0 Å². The Morgan fingerprint density at radius 2 is 2.21 bits per heavy atom. The largest absolute Gasteiger partial charge is 0.316 e. The number of nitrogens with one attached hydrogen (secondary N) is 1. The predicted octanol–water partition coefficient (Wildman–Crippen LogP) is 1.63. The normalized spacial score (nSPS) is 32.1. The number of hydrogen-bond acceptors (Lipinski definition) is 2. The minimum absolute atomic E-state index is 0.972. The van der Waals surface area contributed by atoms with Gasteiger partial charge in [-0.1, -0.05) is 6.42 Å². The molecule has 2 heteroatoms. The number of hydrogen-bond donors (Lipinski definition) is 1. The van der Waals surface area contributed by atoms with Crippen LogP contribution in [0.3, 0.4) is 0 Å². The Balaban J connectivity index is 0.000000107. The summed E-state index contributed by atoms with van der Waals surface area (Å²) in [5.74, 6) is 0. The number of nitrogens with zero attached hydrogens (tertiary/aromatic N) is 1. The van der Waals surface area contributed by atoms with E-state index >= 15 is 0 Å². The van der Waals surface area contributed by atoms with Crippen LogP contribution < -0.4 is 5.32 Å². The first-order valence-electron chi connectivity index (χ1n) is 6.05. The number of rotatable bonds is 0. The molecular weight excluding hydrogens is 172 g/mol. The minimum atomic E-state index is 0.972. The zero-order valence-corrected chi connectivity index (χ0v) is 9.04. The van der Waals surface area contributed by atoms with Gasteiger partial charge in [-0.2, -0.15) is 0 Å². The van der Waals surface area contributed by atoms with Gasteiger partial charge in [-0.3, -0.25) is 4.90 Å². The van der Waals surface area contributed by atoms with Crippen LogP contribution in [0.5, 0.6) is 0 Å². The highest BCUT2D eigenvalue weighted by Crippen LogP contribution is 2.27. The smallest absolute Gasteiger partial charge is 0.0111 e. The first-order valence-corrected chi connectivity index (χ1v) is 6.05. The van der Waals surface area contributed by atoms with Crippen LogP contribution in [0.1, 0.15) is 32.1 Å². The molecule has 3 saturated heterocycles. The standard InChI is InChI=1S/C6H10N.C6H12N/c1-2-6-3-5-7(6)4-1;1-2-4-6-7-5-3-1/h1,6H,2-5H2;3,7H,1-2,4-6H2. The lowest BCUT2D eigenvalue weighted by Crippen LogP contribution is -2.42. The molecule has 80 valence electrons. The maximum absolute atomic E-state index is 3.29. The SMILES string of the molecule is [CH]1CC2CCN2C1.[CH]1CCCCNC1. The summed E-state index contributed by atoms with van der Waals surface area (Å²) in [6, 6.07) is 0.972. The van der Waals surface area contributed by atoms with Crippen molar-refractivity contribution in [3.8, 4) is 0 Å². The predicted molar refractivity (Wildman–Crippen MR) is 59.9 cm³/mol. The molecular formula is C12H22N2. The van der Waals surface area contributed by atoms with Crippen molar-refractivity contribution in [3.05, 3.63) is 12.8 Å². The fourth-order valence-corrected chi connectivity index (χ4v) is 2.28. The van der Waals surface area contributed by atoms with Crippen LogP contribution in [0.4, 0.5) is 0 Å². The van der Waals surface area contributed by atoms with Crippen molar-refractivity contribution in [1.29, 1.82) is 0 Å². The molecule has 1 atom stereocenters. The summed E-state index contributed by atoms with van der Waals surface area (Å²) in [7, 11) is 0. The van der Waals surface area contributed by atoms with Crippen LogP contribution in [0.25, 0.3) is 0 Å². The van der Waals surface area contributed by atoms with Crippen LogP contribution in [-0.4, -0.2) is 37.1 Å². The lowest BCUT2D eigenvalue weighted by Gasteiger charge is -2.34. The molecule has 1 N–H and O–H groups in total. The van der Waals surface area contributed by atoms with E-state index in [0.29, 0.717) is 0 Å². The summed E-state index contributed by atoms with van der Waals surface area (Å²) in [4.78, 5) is 2.53. The van der Waals surface area contributed by atoms with Crippen molar-refractivity contribution < 1.29 is 0 Å². The van der Waals surface area contributed by atoms with Gasteiger partial charge in [-0.15, -0.1) is 0 Å². The molecule has 0 bridgehead atoms. The third kappa shape index (κ3) is 2.96. The molecule has 2 radical (unpaired) electrons. The van der Waals surface area contributed by atoms with Crippen molar-refractivity contribution >= 4 is 0 Å². The second-order valence-electron chi connectivity index (χ2n) is 4.45. The van der Waals surface area contributed by atoms with E-state index in [9.17, 15) is 0 Å². The summed E-state index contributed by atoms with van der Waals surface area (Å²) in [5, 5.41) is 3.29. The second-order valence-corrected chi connectivity index (χ2v) is 4.45. The van der Waals surface area contributed by atoms with E-state index in [1.165, 1.54) is 51.7 Å². The van der Waals surface area contributed by atoms with E-state index in [-0.39, 0.29) is 0 Å². The third-order valence-corrected chi connectivity index (χ3v) is 3.37. The monoisotopic (exact) mass is 194 g/mol. The Morgan fingerprint density at radius 1 is 1.21 bits per heavy atom. The van der Waals surface area contributed by atoms with E-state index in [1.54, 1.807) is 0 Å². The van der Waals surface area contributed by atoms with Gasteiger partial charge in [-0.05, 0) is 58.2 Å². The van der Waals surface area contributed by atoms with Crippen molar-refractivity contribution in [1.82, 2.24) is 10.2 Å². The van der Waals surface area contributed by atoms with Gasteiger partial charge in [0.1, 0.15) is 0 Å². The molecule has 3 rings (SSSR count). The quantitative estimate of drug-likeness (QED) is 0.630. The molecule has 3 heterocycles. The van der Waals surface area contributed by atoms with Crippen molar-refractivity contribution in [2.45, 2.75) is 38.1 Å². The van der Waals surface area contributed by atoms with Crippen molar-refractivity contribution in [3.63, 3.8) is 0 Å². The second kappa shape index (κ2) is 5.72. The minimum Gasteiger partial charge on any atom is -0.316 e.